The first-order chi connectivity index (χ1) is 7.20. The van der Waals surface area contributed by atoms with Crippen molar-refractivity contribution >= 4 is 5.69 Å². The lowest BCUT2D eigenvalue weighted by Gasteiger charge is -2.17. The zero-order valence-corrected chi connectivity index (χ0v) is 8.37. The molecule has 2 rings (SSSR count). The van der Waals surface area contributed by atoms with E-state index >= 15 is 0 Å². The van der Waals surface area contributed by atoms with Gasteiger partial charge in [0, 0.05) is 18.8 Å². The normalized spacial score (nSPS) is 25.9. The van der Waals surface area contributed by atoms with Gasteiger partial charge in [0.25, 0.3) is 0 Å². The molecule has 3 N–H and O–H groups in total. The number of anilines is 1. The van der Waals surface area contributed by atoms with Crippen molar-refractivity contribution in [3.63, 3.8) is 0 Å². The van der Waals surface area contributed by atoms with Crippen molar-refractivity contribution in [2.24, 2.45) is 0 Å². The Morgan fingerprint density at radius 1 is 1.07 bits per heavy atom. The molecule has 4 heteroatoms. The van der Waals surface area contributed by atoms with E-state index < -0.39 is 12.2 Å². The van der Waals surface area contributed by atoms with Gasteiger partial charge in [-0.05, 0) is 17.7 Å². The SMILES string of the molecule is OCc1ccc(N2CC(O)C(O)C2)cc1. The van der Waals surface area contributed by atoms with E-state index in [2.05, 4.69) is 0 Å². The lowest BCUT2D eigenvalue weighted by atomic mass is 10.2. The van der Waals surface area contributed by atoms with Crippen LogP contribution in [0.5, 0.6) is 0 Å². The average Bonchev–Trinajstić information content (AvgIpc) is 2.59. The van der Waals surface area contributed by atoms with Gasteiger partial charge in [0.2, 0.25) is 0 Å². The fraction of sp³-hybridized carbons (Fsp3) is 0.455. The molecule has 1 aromatic rings. The van der Waals surface area contributed by atoms with E-state index in [4.69, 9.17) is 5.11 Å². The Hall–Kier alpha value is -1.10. The third-order valence-corrected chi connectivity index (χ3v) is 2.74. The van der Waals surface area contributed by atoms with Crippen molar-refractivity contribution in [2.75, 3.05) is 18.0 Å². The minimum Gasteiger partial charge on any atom is -0.392 e. The van der Waals surface area contributed by atoms with E-state index in [1.54, 1.807) is 0 Å². The summed E-state index contributed by atoms with van der Waals surface area (Å²) in [5.41, 5.74) is 1.82. The van der Waals surface area contributed by atoms with E-state index in [1.807, 2.05) is 29.2 Å². The van der Waals surface area contributed by atoms with Crippen LogP contribution in [0.4, 0.5) is 5.69 Å². The maximum Gasteiger partial charge on any atom is 0.0990 e. The smallest absolute Gasteiger partial charge is 0.0990 e. The summed E-state index contributed by atoms with van der Waals surface area (Å²) in [4.78, 5) is 1.93. The first-order valence-corrected chi connectivity index (χ1v) is 5.01. The van der Waals surface area contributed by atoms with Crippen LogP contribution in [0.25, 0.3) is 0 Å². The third-order valence-electron chi connectivity index (χ3n) is 2.74. The highest BCUT2D eigenvalue weighted by atomic mass is 16.3. The van der Waals surface area contributed by atoms with Crippen molar-refractivity contribution in [2.45, 2.75) is 18.8 Å². The molecular formula is C11H15NO3. The zero-order valence-electron chi connectivity index (χ0n) is 8.37. The fourth-order valence-electron chi connectivity index (χ4n) is 1.79. The average molecular weight is 209 g/mol. The predicted octanol–water partition coefficient (Wildman–Crippen LogP) is -0.279. The number of hydrogen-bond donors (Lipinski definition) is 3. The second kappa shape index (κ2) is 4.18. The summed E-state index contributed by atoms with van der Waals surface area (Å²) in [7, 11) is 0. The molecule has 4 nitrogen and oxygen atoms in total. The van der Waals surface area contributed by atoms with E-state index in [-0.39, 0.29) is 6.61 Å². The van der Waals surface area contributed by atoms with Gasteiger partial charge < -0.3 is 20.2 Å². The van der Waals surface area contributed by atoms with Gasteiger partial charge >= 0.3 is 0 Å². The van der Waals surface area contributed by atoms with Crippen molar-refractivity contribution in [3.05, 3.63) is 29.8 Å². The number of rotatable bonds is 2. The maximum absolute atomic E-state index is 9.40. The van der Waals surface area contributed by atoms with Crippen LogP contribution in [0.2, 0.25) is 0 Å². The standard InChI is InChI=1S/C11H15NO3/c13-7-8-1-3-9(4-2-8)12-5-10(14)11(15)6-12/h1-4,10-11,13-15H,5-7H2. The molecule has 15 heavy (non-hydrogen) atoms. The van der Waals surface area contributed by atoms with Gasteiger partial charge in [-0.15, -0.1) is 0 Å². The Balaban J connectivity index is 2.10. The Morgan fingerprint density at radius 3 is 2.07 bits per heavy atom. The van der Waals surface area contributed by atoms with Crippen LogP contribution in [-0.2, 0) is 6.61 Å². The van der Waals surface area contributed by atoms with Crippen molar-refractivity contribution in [3.8, 4) is 0 Å². The summed E-state index contributed by atoms with van der Waals surface area (Å²) in [5, 5.41) is 27.7. The molecule has 1 fully saturated rings. The van der Waals surface area contributed by atoms with Crippen LogP contribution in [0.3, 0.4) is 0 Å². The second-order valence-corrected chi connectivity index (χ2v) is 3.86. The third kappa shape index (κ3) is 2.12. The highest BCUT2D eigenvalue weighted by Gasteiger charge is 2.29. The van der Waals surface area contributed by atoms with E-state index in [0.717, 1.165) is 11.3 Å². The highest BCUT2D eigenvalue weighted by Crippen LogP contribution is 2.21. The molecule has 0 aliphatic carbocycles. The molecule has 0 saturated carbocycles. The first kappa shape index (κ1) is 10.4. The summed E-state index contributed by atoms with van der Waals surface area (Å²) in [5.74, 6) is 0. The van der Waals surface area contributed by atoms with Gasteiger partial charge in [-0.1, -0.05) is 12.1 Å². The van der Waals surface area contributed by atoms with Gasteiger partial charge in [-0.2, -0.15) is 0 Å². The molecule has 1 aliphatic heterocycles. The lowest BCUT2D eigenvalue weighted by molar-refractivity contribution is 0.0572. The minimum absolute atomic E-state index is 0.0333. The van der Waals surface area contributed by atoms with Crippen molar-refractivity contribution in [1.82, 2.24) is 0 Å². The lowest BCUT2D eigenvalue weighted by Crippen LogP contribution is -2.22. The summed E-state index contributed by atoms with van der Waals surface area (Å²) in [6.45, 7) is 0.949. The molecule has 0 amide bonds. The van der Waals surface area contributed by atoms with Crippen LogP contribution in [-0.4, -0.2) is 40.6 Å². The zero-order chi connectivity index (χ0) is 10.8. The van der Waals surface area contributed by atoms with Crippen LogP contribution in [0.15, 0.2) is 24.3 Å². The summed E-state index contributed by atoms with van der Waals surface area (Å²) < 4.78 is 0. The Kier molecular flexibility index (Phi) is 2.90. The van der Waals surface area contributed by atoms with Gasteiger partial charge in [0.1, 0.15) is 0 Å². The molecule has 1 aliphatic rings. The van der Waals surface area contributed by atoms with Gasteiger partial charge in [0.05, 0.1) is 18.8 Å². The summed E-state index contributed by atoms with van der Waals surface area (Å²) in [6, 6.07) is 7.45. The van der Waals surface area contributed by atoms with Crippen LogP contribution in [0, 0.1) is 0 Å². The summed E-state index contributed by atoms with van der Waals surface area (Å²) in [6.07, 6.45) is -1.33. The van der Waals surface area contributed by atoms with E-state index in [0.29, 0.717) is 13.1 Å². The molecule has 0 spiro atoms. The molecule has 0 aromatic heterocycles. The second-order valence-electron chi connectivity index (χ2n) is 3.86. The molecule has 2 atom stereocenters. The number of benzene rings is 1. The Morgan fingerprint density at radius 2 is 1.60 bits per heavy atom. The molecule has 0 radical (unpaired) electrons. The first-order valence-electron chi connectivity index (χ1n) is 5.01. The van der Waals surface area contributed by atoms with Gasteiger partial charge in [-0.3, -0.25) is 0 Å². The molecule has 2 unspecified atom stereocenters. The maximum atomic E-state index is 9.40. The monoisotopic (exact) mass is 209 g/mol. The quantitative estimate of drug-likeness (QED) is 0.627. The number of aliphatic hydroxyl groups is 3. The topological polar surface area (TPSA) is 63.9 Å². The number of nitrogens with zero attached hydrogens (tertiary/aromatic N) is 1. The predicted molar refractivity (Wildman–Crippen MR) is 56.6 cm³/mol. The Labute approximate surface area is 88.4 Å². The van der Waals surface area contributed by atoms with Crippen LogP contribution in [0.1, 0.15) is 5.56 Å². The van der Waals surface area contributed by atoms with E-state index in [9.17, 15) is 10.2 Å². The molecule has 82 valence electrons. The molecule has 0 bridgehead atoms. The molecule has 1 heterocycles. The summed E-state index contributed by atoms with van der Waals surface area (Å²) >= 11 is 0. The number of β-amino-alcohol motifs (C(OH)–C–C–N with tert-alkyl or cyclic N) is 2. The molecular weight excluding hydrogens is 194 g/mol. The Bertz CT molecular complexity index is 315. The number of aliphatic hydroxyl groups excluding tert-OH is 3. The van der Waals surface area contributed by atoms with Crippen molar-refractivity contribution in [1.29, 1.82) is 0 Å². The van der Waals surface area contributed by atoms with Crippen molar-refractivity contribution < 1.29 is 15.3 Å². The molecule has 1 aromatic carbocycles. The van der Waals surface area contributed by atoms with Crippen LogP contribution < -0.4 is 4.90 Å². The number of hydrogen-bond acceptors (Lipinski definition) is 4. The van der Waals surface area contributed by atoms with Gasteiger partial charge in [-0.25, -0.2) is 0 Å². The van der Waals surface area contributed by atoms with Gasteiger partial charge in [0.15, 0.2) is 0 Å². The van der Waals surface area contributed by atoms with E-state index in [1.165, 1.54) is 0 Å². The van der Waals surface area contributed by atoms with Crippen LogP contribution >= 0.6 is 0 Å². The fourth-order valence-corrected chi connectivity index (χ4v) is 1.79. The minimum atomic E-state index is -0.664. The largest absolute Gasteiger partial charge is 0.392 e. The molecule has 1 saturated heterocycles. The highest BCUT2D eigenvalue weighted by molar-refractivity contribution is 5.49.